The van der Waals surface area contributed by atoms with E-state index in [0.717, 1.165) is 12.8 Å². The van der Waals surface area contributed by atoms with Crippen molar-refractivity contribution in [2.45, 2.75) is 46.0 Å². The molecule has 0 aliphatic heterocycles. The van der Waals surface area contributed by atoms with Crippen LogP contribution in [-0.4, -0.2) is 0 Å². The topological polar surface area (TPSA) is 0 Å². The highest BCUT2D eigenvalue weighted by atomic mass is 14.4. The van der Waals surface area contributed by atoms with Crippen molar-refractivity contribution < 1.29 is 0 Å². The van der Waals surface area contributed by atoms with Crippen LogP contribution < -0.4 is 0 Å². The van der Waals surface area contributed by atoms with E-state index >= 15 is 0 Å². The van der Waals surface area contributed by atoms with E-state index in [1.807, 2.05) is 0 Å². The summed E-state index contributed by atoms with van der Waals surface area (Å²) >= 11 is 0. The molecule has 0 bridgehead atoms. The zero-order chi connectivity index (χ0) is 31.9. The van der Waals surface area contributed by atoms with Gasteiger partial charge in [0.15, 0.2) is 0 Å². The lowest BCUT2D eigenvalue weighted by atomic mass is 9.81. The molecule has 1 aliphatic rings. The first-order valence-electron chi connectivity index (χ1n) is 17.1. The van der Waals surface area contributed by atoms with Crippen LogP contribution in [0.2, 0.25) is 0 Å². The Morgan fingerprint density at radius 1 is 0.404 bits per heavy atom. The van der Waals surface area contributed by atoms with Gasteiger partial charge >= 0.3 is 0 Å². The maximum absolute atomic E-state index is 2.44. The number of aryl methyl sites for hydroxylation is 2. The third-order valence-corrected chi connectivity index (χ3v) is 11.0. The molecule has 0 saturated heterocycles. The third-order valence-electron chi connectivity index (χ3n) is 11.0. The molecule has 0 radical (unpaired) electrons. The van der Waals surface area contributed by atoms with Gasteiger partial charge in [-0.1, -0.05) is 155 Å². The number of fused-ring (bicyclic) bond motifs is 3. The van der Waals surface area contributed by atoms with E-state index in [9.17, 15) is 0 Å². The molecule has 0 unspecified atom stereocenters. The van der Waals surface area contributed by atoms with Crippen LogP contribution in [0.25, 0.3) is 76.8 Å². The fourth-order valence-electron chi connectivity index (χ4n) is 8.52. The molecule has 0 aromatic heterocycles. The molecule has 0 spiro atoms. The summed E-state index contributed by atoms with van der Waals surface area (Å²) in [5, 5.41) is 8.02. The van der Waals surface area contributed by atoms with Gasteiger partial charge in [0.1, 0.15) is 0 Å². The van der Waals surface area contributed by atoms with Crippen LogP contribution in [-0.2, 0) is 18.3 Å². The summed E-state index contributed by atoms with van der Waals surface area (Å²) in [5.74, 6) is 0. The van der Waals surface area contributed by atoms with E-state index in [-0.39, 0.29) is 5.41 Å². The van der Waals surface area contributed by atoms with Gasteiger partial charge in [0.2, 0.25) is 0 Å². The van der Waals surface area contributed by atoms with Gasteiger partial charge in [0, 0.05) is 5.41 Å². The monoisotopic (exact) mass is 602 g/mol. The Hall–Kier alpha value is -5.20. The predicted molar refractivity (Wildman–Crippen MR) is 203 cm³/mol. The van der Waals surface area contributed by atoms with Crippen molar-refractivity contribution in [3.8, 4) is 44.5 Å². The summed E-state index contributed by atoms with van der Waals surface area (Å²) in [6.07, 6.45) is 1.98. The standard InChI is InChI=1S/C47H38/c1-5-29-26-34(35-19-24-41-40-12-7-8-13-43(40)47(3,4)44(41)28-35)18-22-37(29)38-23-20-36(27-30(38)6-2)39-21-16-33-15-14-31-10-9-11-32-17-25-42(39)46(33)45(31)32/h7-28H,5-6H2,1-4H3. The first-order valence-corrected chi connectivity index (χ1v) is 17.1. The second-order valence-electron chi connectivity index (χ2n) is 13.9. The highest BCUT2D eigenvalue weighted by molar-refractivity contribution is 6.25. The fraction of sp³-hybridized carbons (Fsp3) is 0.149. The molecule has 47 heavy (non-hydrogen) atoms. The molecule has 0 fully saturated rings. The van der Waals surface area contributed by atoms with Gasteiger partial charge in [-0.15, -0.1) is 0 Å². The predicted octanol–water partition coefficient (Wildman–Crippen LogP) is 13.0. The van der Waals surface area contributed by atoms with Crippen LogP contribution in [0.4, 0.5) is 0 Å². The molecule has 9 rings (SSSR count). The fourth-order valence-corrected chi connectivity index (χ4v) is 8.52. The summed E-state index contributed by atoms with van der Waals surface area (Å²) in [6, 6.07) is 50.7. The molecule has 0 heteroatoms. The molecule has 0 heterocycles. The minimum Gasteiger partial charge on any atom is -0.0619 e. The largest absolute Gasteiger partial charge is 0.0619 e. The van der Waals surface area contributed by atoms with E-state index in [2.05, 4.69) is 161 Å². The van der Waals surface area contributed by atoms with E-state index in [1.54, 1.807) is 0 Å². The second kappa shape index (κ2) is 10.4. The number of hydrogen-bond acceptors (Lipinski definition) is 0. The van der Waals surface area contributed by atoms with Gasteiger partial charge < -0.3 is 0 Å². The summed E-state index contributed by atoms with van der Waals surface area (Å²) in [6.45, 7) is 9.30. The molecule has 0 nitrogen and oxygen atoms in total. The van der Waals surface area contributed by atoms with Crippen LogP contribution in [0, 0.1) is 0 Å². The molecule has 0 N–H and O–H groups in total. The SMILES string of the molecule is CCc1cc(-c2ccc3c(c2)C(C)(C)c2ccccc2-3)ccc1-c1ccc(-c2ccc3ccc4cccc5ccc2c3c45)cc1CC. The Morgan fingerprint density at radius 3 is 1.66 bits per heavy atom. The number of benzene rings is 8. The van der Waals surface area contributed by atoms with Crippen molar-refractivity contribution >= 4 is 32.3 Å². The number of rotatable bonds is 5. The maximum Gasteiger partial charge on any atom is 0.0159 e. The minimum atomic E-state index is 0.00192. The van der Waals surface area contributed by atoms with Crippen molar-refractivity contribution in [2.24, 2.45) is 0 Å². The van der Waals surface area contributed by atoms with Crippen molar-refractivity contribution in [2.75, 3.05) is 0 Å². The van der Waals surface area contributed by atoms with E-state index in [0.29, 0.717) is 0 Å². The van der Waals surface area contributed by atoms with Crippen LogP contribution in [0.15, 0.2) is 133 Å². The Kier molecular flexibility index (Phi) is 6.21. The summed E-state index contributed by atoms with van der Waals surface area (Å²) in [4.78, 5) is 0. The van der Waals surface area contributed by atoms with E-state index < -0.39 is 0 Å². The molecule has 0 saturated carbocycles. The van der Waals surface area contributed by atoms with Crippen molar-refractivity contribution in [3.63, 3.8) is 0 Å². The first-order chi connectivity index (χ1) is 23.0. The molecule has 8 aromatic rings. The van der Waals surface area contributed by atoms with Crippen LogP contribution in [0.3, 0.4) is 0 Å². The Balaban J connectivity index is 1.12. The minimum absolute atomic E-state index is 0.00192. The van der Waals surface area contributed by atoms with E-state index in [1.165, 1.54) is 99.1 Å². The Morgan fingerprint density at radius 2 is 0.936 bits per heavy atom. The number of hydrogen-bond donors (Lipinski definition) is 0. The third kappa shape index (κ3) is 4.14. The van der Waals surface area contributed by atoms with Crippen molar-refractivity contribution in [1.82, 2.24) is 0 Å². The lowest BCUT2D eigenvalue weighted by molar-refractivity contribution is 0.660. The lowest BCUT2D eigenvalue weighted by Gasteiger charge is -2.22. The maximum atomic E-state index is 2.44. The molecular formula is C47H38. The van der Waals surface area contributed by atoms with Gasteiger partial charge in [-0.3, -0.25) is 0 Å². The van der Waals surface area contributed by atoms with Gasteiger partial charge in [-0.25, -0.2) is 0 Å². The second-order valence-corrected chi connectivity index (χ2v) is 13.9. The van der Waals surface area contributed by atoms with Gasteiger partial charge in [0.25, 0.3) is 0 Å². The first kappa shape index (κ1) is 28.1. The smallest absolute Gasteiger partial charge is 0.0159 e. The summed E-state index contributed by atoms with van der Waals surface area (Å²) in [7, 11) is 0. The molecule has 8 aromatic carbocycles. The Bertz CT molecular complexity index is 2490. The quantitative estimate of drug-likeness (QED) is 0.172. The average Bonchev–Trinajstić information content (AvgIpc) is 3.35. The van der Waals surface area contributed by atoms with Crippen molar-refractivity contribution in [3.05, 3.63) is 156 Å². The molecule has 0 atom stereocenters. The van der Waals surface area contributed by atoms with Crippen LogP contribution in [0.5, 0.6) is 0 Å². The van der Waals surface area contributed by atoms with E-state index in [4.69, 9.17) is 0 Å². The van der Waals surface area contributed by atoms with Gasteiger partial charge in [0.05, 0.1) is 0 Å². The van der Waals surface area contributed by atoms with Crippen LogP contribution >= 0.6 is 0 Å². The van der Waals surface area contributed by atoms with Gasteiger partial charge in [-0.05, 0) is 118 Å². The molecule has 226 valence electrons. The van der Waals surface area contributed by atoms with Crippen molar-refractivity contribution in [1.29, 1.82) is 0 Å². The average molecular weight is 603 g/mol. The highest BCUT2D eigenvalue weighted by Gasteiger charge is 2.35. The zero-order valence-corrected chi connectivity index (χ0v) is 27.6. The molecule has 1 aliphatic carbocycles. The lowest BCUT2D eigenvalue weighted by Crippen LogP contribution is -2.14. The zero-order valence-electron chi connectivity index (χ0n) is 27.6. The van der Waals surface area contributed by atoms with Crippen LogP contribution in [0.1, 0.15) is 49.9 Å². The molecule has 0 amide bonds. The molecular weight excluding hydrogens is 565 g/mol. The Labute approximate surface area is 277 Å². The highest BCUT2D eigenvalue weighted by Crippen LogP contribution is 2.49. The summed E-state index contributed by atoms with van der Waals surface area (Å²) in [5.41, 5.74) is 16.3. The van der Waals surface area contributed by atoms with Gasteiger partial charge in [-0.2, -0.15) is 0 Å². The summed E-state index contributed by atoms with van der Waals surface area (Å²) < 4.78 is 0. The normalized spacial score (nSPS) is 13.4.